The van der Waals surface area contributed by atoms with Crippen LogP contribution < -0.4 is 26.8 Å². The van der Waals surface area contributed by atoms with Gasteiger partial charge in [-0.05, 0) is 36.6 Å². The van der Waals surface area contributed by atoms with Gasteiger partial charge in [-0.25, -0.2) is 4.79 Å². The fourth-order valence-electron chi connectivity index (χ4n) is 2.77. The fraction of sp³-hybridized carbons (Fsp3) is 0.286. The molecule has 180 valence electrons. The number of non-ortho nitro benzene ring substituents is 1. The predicted octanol–water partition coefficient (Wildman–Crippen LogP) is -0.668. The van der Waals surface area contributed by atoms with Crippen LogP contribution in [0.2, 0.25) is 0 Å². The Balaban J connectivity index is 1.92. The van der Waals surface area contributed by atoms with Crippen molar-refractivity contribution < 1.29 is 28.8 Å². The van der Waals surface area contributed by atoms with Crippen LogP contribution in [0.1, 0.15) is 18.4 Å². The monoisotopic (exact) mass is 472 g/mol. The van der Waals surface area contributed by atoms with Crippen molar-refractivity contribution in [3.05, 3.63) is 64.5 Å². The van der Waals surface area contributed by atoms with Crippen molar-refractivity contribution in [3.63, 3.8) is 0 Å². The van der Waals surface area contributed by atoms with Gasteiger partial charge in [-0.3, -0.25) is 29.5 Å². The number of aromatic nitrogens is 1. The van der Waals surface area contributed by atoms with Gasteiger partial charge in [-0.2, -0.15) is 0 Å². The molecule has 13 heteroatoms. The molecule has 0 bridgehead atoms. The minimum Gasteiger partial charge on any atom is -0.425 e. The number of primary amides is 1. The molecule has 0 fully saturated rings. The van der Waals surface area contributed by atoms with Gasteiger partial charge in [0.25, 0.3) is 5.69 Å². The zero-order chi connectivity index (χ0) is 25.1. The molecule has 0 aliphatic rings. The van der Waals surface area contributed by atoms with E-state index in [-0.39, 0.29) is 30.7 Å². The first-order valence-electron chi connectivity index (χ1n) is 10.1. The molecule has 2 atom stereocenters. The van der Waals surface area contributed by atoms with Gasteiger partial charge in [-0.1, -0.05) is 6.07 Å². The Morgan fingerprint density at radius 1 is 1.15 bits per heavy atom. The number of ether oxygens (including phenoxy) is 1. The van der Waals surface area contributed by atoms with Crippen molar-refractivity contribution in [2.45, 2.75) is 31.3 Å². The molecular weight excluding hydrogens is 448 g/mol. The average Bonchev–Trinajstić information content (AvgIpc) is 2.80. The number of amides is 3. The summed E-state index contributed by atoms with van der Waals surface area (Å²) in [4.78, 5) is 62.1. The van der Waals surface area contributed by atoms with Gasteiger partial charge in [-0.15, -0.1) is 0 Å². The fourth-order valence-corrected chi connectivity index (χ4v) is 2.77. The molecule has 0 aliphatic carbocycles. The molecule has 2 aromatic rings. The summed E-state index contributed by atoms with van der Waals surface area (Å²) in [6.45, 7) is -0.475. The highest BCUT2D eigenvalue weighted by Gasteiger charge is 2.24. The molecule has 0 saturated carbocycles. The zero-order valence-corrected chi connectivity index (χ0v) is 18.0. The van der Waals surface area contributed by atoms with E-state index in [0.29, 0.717) is 0 Å². The smallest absolute Gasteiger partial charge is 0.334 e. The zero-order valence-electron chi connectivity index (χ0n) is 18.0. The topological polar surface area (TPSA) is 210 Å². The number of nitrogens with one attached hydrogen (secondary N) is 2. The Bertz CT molecular complexity index is 1030. The van der Waals surface area contributed by atoms with E-state index < -0.39 is 47.2 Å². The number of benzene rings is 1. The first-order valence-corrected chi connectivity index (χ1v) is 10.1. The second kappa shape index (κ2) is 12.6. The van der Waals surface area contributed by atoms with Crippen molar-refractivity contribution in [2.24, 2.45) is 11.5 Å². The quantitative estimate of drug-likeness (QED) is 0.133. The van der Waals surface area contributed by atoms with Crippen LogP contribution in [-0.2, 0) is 25.6 Å². The Morgan fingerprint density at radius 3 is 2.44 bits per heavy atom. The summed E-state index contributed by atoms with van der Waals surface area (Å²) in [5, 5.41) is 15.5. The summed E-state index contributed by atoms with van der Waals surface area (Å²) < 4.78 is 5.13. The van der Waals surface area contributed by atoms with Gasteiger partial charge < -0.3 is 26.8 Å². The van der Waals surface area contributed by atoms with E-state index in [1.807, 2.05) is 0 Å². The lowest BCUT2D eigenvalue weighted by Gasteiger charge is -2.18. The summed E-state index contributed by atoms with van der Waals surface area (Å²) in [5.41, 5.74) is 11.5. The third-order valence-corrected chi connectivity index (χ3v) is 4.50. The highest BCUT2D eigenvalue weighted by Crippen LogP contribution is 2.18. The van der Waals surface area contributed by atoms with Gasteiger partial charge in [0.2, 0.25) is 17.7 Å². The molecule has 13 nitrogen and oxygen atoms in total. The first-order chi connectivity index (χ1) is 16.2. The standard InChI is InChI=1S/C21H24N6O7/c22-16(10-13-2-1-9-24-11-13)20(30)25-12-19(29)26-17(7-8-18(23)28)21(31)34-15-5-3-14(4-6-15)27(32)33/h1-6,9,11,16-17H,7-8,10,12,22H2,(H2,23,28)(H,25,30)(H,26,29)/t16-,17-/m0/s1. The number of hydrogen-bond donors (Lipinski definition) is 4. The number of nitrogens with two attached hydrogens (primary N) is 2. The van der Waals surface area contributed by atoms with E-state index in [4.69, 9.17) is 16.2 Å². The Kier molecular flexibility index (Phi) is 9.58. The Labute approximate surface area is 194 Å². The van der Waals surface area contributed by atoms with Gasteiger partial charge >= 0.3 is 5.97 Å². The molecule has 1 heterocycles. The van der Waals surface area contributed by atoms with Crippen LogP contribution in [-0.4, -0.2) is 52.2 Å². The van der Waals surface area contributed by atoms with Crippen LogP contribution in [0.4, 0.5) is 5.69 Å². The summed E-state index contributed by atoms with van der Waals surface area (Å²) in [5.74, 6) is -2.91. The molecule has 34 heavy (non-hydrogen) atoms. The number of carbonyl (C=O) groups excluding carboxylic acids is 4. The first kappa shape index (κ1) is 25.9. The lowest BCUT2D eigenvalue weighted by molar-refractivity contribution is -0.384. The molecule has 2 rings (SSSR count). The molecule has 1 aromatic heterocycles. The normalized spacial score (nSPS) is 12.1. The van der Waals surface area contributed by atoms with Gasteiger partial charge in [0.1, 0.15) is 11.8 Å². The van der Waals surface area contributed by atoms with Crippen LogP contribution >= 0.6 is 0 Å². The summed E-state index contributed by atoms with van der Waals surface area (Å²) in [6.07, 6.45) is 2.99. The van der Waals surface area contributed by atoms with Gasteiger partial charge in [0.15, 0.2) is 0 Å². The summed E-state index contributed by atoms with van der Waals surface area (Å²) >= 11 is 0. The summed E-state index contributed by atoms with van der Waals surface area (Å²) in [6, 6.07) is 6.00. The molecule has 0 saturated heterocycles. The number of nitro groups is 1. The third-order valence-electron chi connectivity index (χ3n) is 4.50. The molecule has 3 amide bonds. The van der Waals surface area contributed by atoms with Crippen molar-refractivity contribution in [1.29, 1.82) is 0 Å². The lowest BCUT2D eigenvalue weighted by atomic mass is 10.1. The second-order valence-corrected chi connectivity index (χ2v) is 7.19. The van der Waals surface area contributed by atoms with Crippen LogP contribution in [0.5, 0.6) is 5.75 Å². The third kappa shape index (κ3) is 8.63. The van der Waals surface area contributed by atoms with Crippen LogP contribution in [0.3, 0.4) is 0 Å². The maximum absolute atomic E-state index is 12.5. The number of esters is 1. The molecule has 0 radical (unpaired) electrons. The Morgan fingerprint density at radius 2 is 1.85 bits per heavy atom. The molecule has 1 aromatic carbocycles. The minimum atomic E-state index is -1.25. The van der Waals surface area contributed by atoms with E-state index in [9.17, 15) is 29.3 Å². The van der Waals surface area contributed by atoms with Gasteiger partial charge in [0.05, 0.1) is 17.5 Å². The van der Waals surface area contributed by atoms with Crippen molar-refractivity contribution in [3.8, 4) is 5.75 Å². The summed E-state index contributed by atoms with van der Waals surface area (Å²) in [7, 11) is 0. The number of hydrogen-bond acceptors (Lipinski definition) is 9. The largest absolute Gasteiger partial charge is 0.425 e. The molecule has 0 aliphatic heterocycles. The van der Waals surface area contributed by atoms with Crippen molar-refractivity contribution in [1.82, 2.24) is 15.6 Å². The highest BCUT2D eigenvalue weighted by molar-refractivity contribution is 5.90. The number of carbonyl (C=O) groups is 4. The van der Waals surface area contributed by atoms with E-state index in [1.54, 1.807) is 24.5 Å². The second-order valence-electron chi connectivity index (χ2n) is 7.19. The molecule has 0 spiro atoms. The number of rotatable bonds is 12. The van der Waals surface area contributed by atoms with Crippen LogP contribution in [0.25, 0.3) is 0 Å². The maximum atomic E-state index is 12.5. The predicted molar refractivity (Wildman–Crippen MR) is 118 cm³/mol. The van der Waals surface area contributed by atoms with Crippen molar-refractivity contribution in [2.75, 3.05) is 6.54 Å². The van der Waals surface area contributed by atoms with E-state index in [0.717, 1.165) is 17.7 Å². The number of nitrogens with zero attached hydrogens (tertiary/aromatic N) is 2. The van der Waals surface area contributed by atoms with E-state index in [1.165, 1.54) is 12.1 Å². The van der Waals surface area contributed by atoms with Crippen LogP contribution in [0.15, 0.2) is 48.8 Å². The van der Waals surface area contributed by atoms with Crippen molar-refractivity contribution >= 4 is 29.4 Å². The molecule has 6 N–H and O–H groups in total. The molecule has 0 unspecified atom stereocenters. The minimum absolute atomic E-state index is 0.00334. The lowest BCUT2D eigenvalue weighted by Crippen LogP contribution is -2.49. The highest BCUT2D eigenvalue weighted by atomic mass is 16.6. The van der Waals surface area contributed by atoms with E-state index >= 15 is 0 Å². The molecular formula is C21H24N6O7. The average molecular weight is 472 g/mol. The number of pyridine rings is 1. The SMILES string of the molecule is NC(=O)CC[C@H](NC(=O)CNC(=O)[C@@H](N)Cc1cccnc1)C(=O)Oc1ccc([N+](=O)[O-])cc1. The number of nitro benzene ring substituents is 1. The van der Waals surface area contributed by atoms with E-state index in [2.05, 4.69) is 15.6 Å². The maximum Gasteiger partial charge on any atom is 0.334 e. The Hall–Kier alpha value is -4.39. The van der Waals surface area contributed by atoms with Gasteiger partial charge in [0, 0.05) is 30.9 Å². The van der Waals surface area contributed by atoms with Crippen LogP contribution in [0, 0.1) is 10.1 Å².